The van der Waals surface area contributed by atoms with Crippen molar-refractivity contribution in [3.05, 3.63) is 24.3 Å². The fourth-order valence-corrected chi connectivity index (χ4v) is 2.12. The number of hydrogen-bond acceptors (Lipinski definition) is 3. The van der Waals surface area contributed by atoms with E-state index in [-0.39, 0.29) is 0 Å². The zero-order chi connectivity index (χ0) is 12.1. The standard InChI is InChI=1S/C14H21NO2/c1-3-17-13-6-4-12(5-7-13)15-14-8-9-16-10-11(14)2/h4-7,11,14-15H,3,8-10H2,1-2H3. The zero-order valence-electron chi connectivity index (χ0n) is 10.6. The van der Waals surface area contributed by atoms with E-state index in [0.717, 1.165) is 31.1 Å². The monoisotopic (exact) mass is 235 g/mol. The largest absolute Gasteiger partial charge is 0.494 e. The second kappa shape index (κ2) is 5.92. The van der Waals surface area contributed by atoms with Crippen LogP contribution in [0.25, 0.3) is 0 Å². The topological polar surface area (TPSA) is 30.5 Å². The lowest BCUT2D eigenvalue weighted by Gasteiger charge is -2.30. The molecule has 1 N–H and O–H groups in total. The first kappa shape index (κ1) is 12.2. The lowest BCUT2D eigenvalue weighted by Crippen LogP contribution is -2.35. The number of nitrogens with one attached hydrogen (secondary N) is 1. The van der Waals surface area contributed by atoms with E-state index in [1.807, 2.05) is 19.1 Å². The number of ether oxygens (including phenoxy) is 2. The summed E-state index contributed by atoms with van der Waals surface area (Å²) in [7, 11) is 0. The SMILES string of the molecule is CCOc1ccc(NC2CCOCC2C)cc1. The lowest BCUT2D eigenvalue weighted by atomic mass is 9.97. The molecule has 0 aromatic heterocycles. The maximum Gasteiger partial charge on any atom is 0.119 e. The first-order valence-electron chi connectivity index (χ1n) is 6.36. The van der Waals surface area contributed by atoms with Gasteiger partial charge in [0.05, 0.1) is 13.2 Å². The van der Waals surface area contributed by atoms with Crippen LogP contribution in [0.3, 0.4) is 0 Å². The summed E-state index contributed by atoms with van der Waals surface area (Å²) in [5, 5.41) is 3.56. The summed E-state index contributed by atoms with van der Waals surface area (Å²) in [6.45, 7) is 6.65. The van der Waals surface area contributed by atoms with Crippen molar-refractivity contribution in [2.24, 2.45) is 5.92 Å². The van der Waals surface area contributed by atoms with Crippen molar-refractivity contribution in [2.45, 2.75) is 26.3 Å². The fraction of sp³-hybridized carbons (Fsp3) is 0.571. The van der Waals surface area contributed by atoms with Crippen LogP contribution in [-0.2, 0) is 4.74 Å². The molecule has 0 bridgehead atoms. The van der Waals surface area contributed by atoms with Crippen LogP contribution >= 0.6 is 0 Å². The van der Waals surface area contributed by atoms with E-state index in [4.69, 9.17) is 9.47 Å². The quantitative estimate of drug-likeness (QED) is 0.870. The van der Waals surface area contributed by atoms with Crippen LogP contribution in [0.5, 0.6) is 5.75 Å². The Bertz CT molecular complexity index is 337. The van der Waals surface area contributed by atoms with Crippen LogP contribution in [0, 0.1) is 5.92 Å². The maximum absolute atomic E-state index is 5.44. The van der Waals surface area contributed by atoms with E-state index in [1.165, 1.54) is 0 Å². The van der Waals surface area contributed by atoms with Gasteiger partial charge in [-0.1, -0.05) is 6.92 Å². The van der Waals surface area contributed by atoms with Gasteiger partial charge in [0, 0.05) is 18.3 Å². The molecule has 94 valence electrons. The second-order valence-corrected chi connectivity index (χ2v) is 4.55. The molecule has 3 nitrogen and oxygen atoms in total. The van der Waals surface area contributed by atoms with E-state index in [2.05, 4.69) is 24.4 Å². The minimum absolute atomic E-state index is 0.515. The van der Waals surface area contributed by atoms with Gasteiger partial charge in [-0.25, -0.2) is 0 Å². The first-order valence-corrected chi connectivity index (χ1v) is 6.36. The van der Waals surface area contributed by atoms with E-state index in [9.17, 15) is 0 Å². The van der Waals surface area contributed by atoms with Gasteiger partial charge in [0.25, 0.3) is 0 Å². The Labute approximate surface area is 103 Å². The highest BCUT2D eigenvalue weighted by molar-refractivity contribution is 5.47. The van der Waals surface area contributed by atoms with Crippen LogP contribution in [0.15, 0.2) is 24.3 Å². The number of hydrogen-bond donors (Lipinski definition) is 1. The third-order valence-corrected chi connectivity index (χ3v) is 3.16. The van der Waals surface area contributed by atoms with Gasteiger partial charge >= 0.3 is 0 Å². The van der Waals surface area contributed by atoms with Crippen molar-refractivity contribution in [3.8, 4) is 5.75 Å². The van der Waals surface area contributed by atoms with Gasteiger partial charge < -0.3 is 14.8 Å². The van der Waals surface area contributed by atoms with E-state index in [0.29, 0.717) is 18.6 Å². The zero-order valence-corrected chi connectivity index (χ0v) is 10.6. The molecule has 1 aliphatic rings. The van der Waals surface area contributed by atoms with Crippen LogP contribution in [0.1, 0.15) is 20.3 Å². The molecule has 2 atom stereocenters. The second-order valence-electron chi connectivity index (χ2n) is 4.55. The first-order chi connectivity index (χ1) is 8.29. The molecule has 1 fully saturated rings. The van der Waals surface area contributed by atoms with Crippen LogP contribution in [0.4, 0.5) is 5.69 Å². The molecule has 1 aromatic carbocycles. The van der Waals surface area contributed by atoms with E-state index in [1.54, 1.807) is 0 Å². The highest BCUT2D eigenvalue weighted by Crippen LogP contribution is 2.21. The summed E-state index contributed by atoms with van der Waals surface area (Å²) in [6, 6.07) is 8.69. The molecule has 2 unspecified atom stereocenters. The van der Waals surface area contributed by atoms with Gasteiger partial charge in [0.1, 0.15) is 5.75 Å². The summed E-state index contributed by atoms with van der Waals surface area (Å²) < 4.78 is 10.9. The van der Waals surface area contributed by atoms with Crippen molar-refractivity contribution in [1.29, 1.82) is 0 Å². The van der Waals surface area contributed by atoms with E-state index < -0.39 is 0 Å². The summed E-state index contributed by atoms with van der Waals surface area (Å²) in [5.74, 6) is 1.49. The van der Waals surface area contributed by atoms with Crippen molar-refractivity contribution in [2.75, 3.05) is 25.1 Å². The number of benzene rings is 1. The Hall–Kier alpha value is -1.22. The lowest BCUT2D eigenvalue weighted by molar-refractivity contribution is 0.0538. The summed E-state index contributed by atoms with van der Waals surface area (Å²) >= 11 is 0. The Kier molecular flexibility index (Phi) is 4.26. The molecule has 1 saturated heterocycles. The van der Waals surface area contributed by atoms with Crippen molar-refractivity contribution < 1.29 is 9.47 Å². The average Bonchev–Trinajstić information content (AvgIpc) is 2.35. The summed E-state index contributed by atoms with van der Waals surface area (Å²) in [4.78, 5) is 0. The molecule has 1 heterocycles. The van der Waals surface area contributed by atoms with Gasteiger partial charge in [-0.3, -0.25) is 0 Å². The third-order valence-electron chi connectivity index (χ3n) is 3.16. The van der Waals surface area contributed by atoms with Crippen molar-refractivity contribution >= 4 is 5.69 Å². The molecule has 2 rings (SSSR count). The minimum Gasteiger partial charge on any atom is -0.494 e. The predicted octanol–water partition coefficient (Wildman–Crippen LogP) is 2.92. The van der Waals surface area contributed by atoms with Crippen LogP contribution < -0.4 is 10.1 Å². The Morgan fingerprint density at radius 2 is 2.12 bits per heavy atom. The van der Waals surface area contributed by atoms with Gasteiger partial charge in [0.2, 0.25) is 0 Å². The van der Waals surface area contributed by atoms with Crippen LogP contribution in [-0.4, -0.2) is 25.9 Å². The summed E-state index contributed by atoms with van der Waals surface area (Å²) in [5.41, 5.74) is 1.16. The molecule has 1 aliphatic heterocycles. The number of anilines is 1. The van der Waals surface area contributed by atoms with E-state index >= 15 is 0 Å². The average molecular weight is 235 g/mol. The normalized spacial score (nSPS) is 24.4. The summed E-state index contributed by atoms with van der Waals surface area (Å²) in [6.07, 6.45) is 1.08. The molecular weight excluding hydrogens is 214 g/mol. The molecule has 0 radical (unpaired) electrons. The molecule has 0 amide bonds. The van der Waals surface area contributed by atoms with Gasteiger partial charge in [-0.2, -0.15) is 0 Å². The molecular formula is C14H21NO2. The van der Waals surface area contributed by atoms with Crippen LogP contribution in [0.2, 0.25) is 0 Å². The molecule has 0 aliphatic carbocycles. The molecule has 0 spiro atoms. The molecule has 1 aromatic rings. The highest BCUT2D eigenvalue weighted by atomic mass is 16.5. The van der Waals surface area contributed by atoms with Crippen molar-refractivity contribution in [1.82, 2.24) is 0 Å². The predicted molar refractivity (Wildman–Crippen MR) is 69.6 cm³/mol. The third kappa shape index (κ3) is 3.37. The Morgan fingerprint density at radius 1 is 1.35 bits per heavy atom. The molecule has 17 heavy (non-hydrogen) atoms. The molecule has 0 saturated carbocycles. The minimum atomic E-state index is 0.515. The number of rotatable bonds is 4. The van der Waals surface area contributed by atoms with Gasteiger partial charge in [-0.15, -0.1) is 0 Å². The highest BCUT2D eigenvalue weighted by Gasteiger charge is 2.21. The Balaban J connectivity index is 1.93. The maximum atomic E-state index is 5.44. The van der Waals surface area contributed by atoms with Gasteiger partial charge in [-0.05, 0) is 43.5 Å². The van der Waals surface area contributed by atoms with Gasteiger partial charge in [0.15, 0.2) is 0 Å². The van der Waals surface area contributed by atoms with Crippen molar-refractivity contribution in [3.63, 3.8) is 0 Å². The molecule has 3 heteroatoms. The Morgan fingerprint density at radius 3 is 2.76 bits per heavy atom. The fourth-order valence-electron chi connectivity index (χ4n) is 2.12. The smallest absolute Gasteiger partial charge is 0.119 e.